The number of benzene rings is 1. The zero-order valence-electron chi connectivity index (χ0n) is 14.6. The van der Waals surface area contributed by atoms with Gasteiger partial charge < -0.3 is 9.57 Å². The highest BCUT2D eigenvalue weighted by molar-refractivity contribution is 5.90. The molecular formula is C17H22F3NO4. The smallest absolute Gasteiger partial charge is 0.385 e. The second kappa shape index (κ2) is 8.33. The van der Waals surface area contributed by atoms with Crippen LogP contribution in [0.25, 0.3) is 0 Å². The fourth-order valence-electron chi connectivity index (χ4n) is 1.96. The molecule has 0 atom stereocenters. The summed E-state index contributed by atoms with van der Waals surface area (Å²) in [5.74, 6) is -1.31. The van der Waals surface area contributed by atoms with Crippen molar-refractivity contribution in [3.63, 3.8) is 0 Å². The molecule has 0 saturated heterocycles. The van der Waals surface area contributed by atoms with Crippen LogP contribution in [0, 0.1) is 0 Å². The van der Waals surface area contributed by atoms with Gasteiger partial charge in [-0.1, -0.05) is 0 Å². The van der Waals surface area contributed by atoms with E-state index in [2.05, 4.69) is 0 Å². The molecule has 0 unspecified atom stereocenters. The van der Waals surface area contributed by atoms with Gasteiger partial charge in [-0.25, -0.2) is 4.79 Å². The summed E-state index contributed by atoms with van der Waals surface area (Å²) in [7, 11) is 1.51. The van der Waals surface area contributed by atoms with Crippen molar-refractivity contribution < 1.29 is 32.3 Å². The maximum absolute atomic E-state index is 12.6. The van der Waals surface area contributed by atoms with Crippen molar-refractivity contribution in [2.24, 2.45) is 0 Å². The lowest BCUT2D eigenvalue weighted by atomic mass is 10.1. The minimum absolute atomic E-state index is 0.0769. The van der Waals surface area contributed by atoms with Crippen LogP contribution in [-0.2, 0) is 20.5 Å². The van der Waals surface area contributed by atoms with E-state index in [4.69, 9.17) is 9.57 Å². The summed E-state index contributed by atoms with van der Waals surface area (Å²) in [6, 6.07) is 3.61. The molecular weight excluding hydrogens is 339 g/mol. The van der Waals surface area contributed by atoms with Crippen LogP contribution in [0.15, 0.2) is 24.3 Å². The molecule has 0 aliphatic rings. The number of amides is 1. The topological polar surface area (TPSA) is 55.8 Å². The molecule has 0 bridgehead atoms. The number of hydrogen-bond donors (Lipinski definition) is 0. The van der Waals surface area contributed by atoms with Crippen LogP contribution in [-0.4, -0.2) is 36.2 Å². The molecule has 0 heterocycles. The van der Waals surface area contributed by atoms with Gasteiger partial charge in [0.25, 0.3) is 5.91 Å². The fourth-order valence-corrected chi connectivity index (χ4v) is 1.96. The van der Waals surface area contributed by atoms with Crippen LogP contribution in [0.2, 0.25) is 0 Å². The highest BCUT2D eigenvalue weighted by Crippen LogP contribution is 2.29. The van der Waals surface area contributed by atoms with Crippen LogP contribution < -0.4 is 0 Å². The number of nitrogens with zero attached hydrogens (tertiary/aromatic N) is 1. The second-order valence-corrected chi connectivity index (χ2v) is 6.41. The van der Waals surface area contributed by atoms with E-state index < -0.39 is 29.2 Å². The first-order chi connectivity index (χ1) is 11.5. The van der Waals surface area contributed by atoms with Gasteiger partial charge in [0.15, 0.2) is 0 Å². The molecule has 1 rings (SSSR count). The molecule has 0 aliphatic carbocycles. The zero-order valence-corrected chi connectivity index (χ0v) is 14.6. The van der Waals surface area contributed by atoms with Crippen LogP contribution in [0.1, 0.15) is 49.5 Å². The van der Waals surface area contributed by atoms with Crippen LogP contribution in [0.5, 0.6) is 0 Å². The number of ether oxygens (including phenoxy) is 1. The Balaban J connectivity index is 2.86. The summed E-state index contributed by atoms with van der Waals surface area (Å²) in [4.78, 5) is 29.6. The van der Waals surface area contributed by atoms with E-state index in [9.17, 15) is 22.8 Å². The van der Waals surface area contributed by atoms with E-state index >= 15 is 0 Å². The molecule has 0 aliphatic heterocycles. The molecule has 1 aromatic rings. The average Bonchev–Trinajstić information content (AvgIpc) is 2.50. The minimum Gasteiger partial charge on any atom is -0.385 e. The minimum atomic E-state index is -4.49. The Labute approximate surface area is 144 Å². The molecule has 1 amide bonds. The third-order valence-electron chi connectivity index (χ3n) is 3.20. The SMILES string of the molecule is COCCCC(=O)N(OC(=O)c1ccc(C(F)(F)F)cc1)C(C)(C)C. The van der Waals surface area contributed by atoms with E-state index in [1.165, 1.54) is 7.11 Å². The zero-order chi connectivity index (χ0) is 19.3. The maximum Gasteiger partial charge on any atom is 0.416 e. The summed E-state index contributed by atoms with van der Waals surface area (Å²) >= 11 is 0. The van der Waals surface area contributed by atoms with Crippen molar-refractivity contribution in [3.05, 3.63) is 35.4 Å². The van der Waals surface area contributed by atoms with Crippen molar-refractivity contribution in [2.45, 2.75) is 45.3 Å². The van der Waals surface area contributed by atoms with Crippen molar-refractivity contribution in [1.29, 1.82) is 0 Å². The summed E-state index contributed by atoms with van der Waals surface area (Å²) in [6.07, 6.45) is -3.91. The highest BCUT2D eigenvalue weighted by Gasteiger charge is 2.32. The van der Waals surface area contributed by atoms with Gasteiger partial charge >= 0.3 is 12.1 Å². The van der Waals surface area contributed by atoms with Crippen molar-refractivity contribution >= 4 is 11.9 Å². The Bertz CT molecular complexity index is 591. The molecule has 1 aromatic carbocycles. The van der Waals surface area contributed by atoms with E-state index in [0.29, 0.717) is 13.0 Å². The third kappa shape index (κ3) is 6.38. The van der Waals surface area contributed by atoms with Crippen molar-refractivity contribution in [1.82, 2.24) is 5.06 Å². The first-order valence-corrected chi connectivity index (χ1v) is 7.68. The van der Waals surface area contributed by atoms with Gasteiger partial charge in [-0.3, -0.25) is 4.79 Å². The number of halogens is 3. The Kier molecular flexibility index (Phi) is 6.98. The number of carbonyl (C=O) groups excluding carboxylic acids is 2. The molecule has 5 nitrogen and oxygen atoms in total. The Hall–Kier alpha value is -2.09. The van der Waals surface area contributed by atoms with Gasteiger partial charge in [0.1, 0.15) is 0 Å². The van der Waals surface area contributed by atoms with Gasteiger partial charge in [0.2, 0.25) is 0 Å². The van der Waals surface area contributed by atoms with Gasteiger partial charge in [0.05, 0.1) is 16.7 Å². The van der Waals surface area contributed by atoms with E-state index in [1.807, 2.05) is 0 Å². The molecule has 8 heteroatoms. The predicted octanol–water partition coefficient (Wildman–Crippen LogP) is 3.83. The number of hydroxylamine groups is 2. The van der Waals surface area contributed by atoms with Crippen LogP contribution >= 0.6 is 0 Å². The molecule has 0 aromatic heterocycles. The van der Waals surface area contributed by atoms with Crippen LogP contribution in [0.4, 0.5) is 13.2 Å². The van der Waals surface area contributed by atoms with Crippen molar-refractivity contribution in [2.75, 3.05) is 13.7 Å². The van der Waals surface area contributed by atoms with Gasteiger partial charge in [-0.2, -0.15) is 18.2 Å². The monoisotopic (exact) mass is 361 g/mol. The molecule has 0 N–H and O–H groups in total. The molecule has 0 radical (unpaired) electrons. The lowest BCUT2D eigenvalue weighted by molar-refractivity contribution is -0.188. The predicted molar refractivity (Wildman–Crippen MR) is 84.6 cm³/mol. The Morgan fingerprint density at radius 2 is 1.64 bits per heavy atom. The molecule has 140 valence electrons. The number of hydrogen-bond acceptors (Lipinski definition) is 4. The summed E-state index contributed by atoms with van der Waals surface area (Å²) in [6.45, 7) is 5.43. The number of alkyl halides is 3. The van der Waals surface area contributed by atoms with Gasteiger partial charge in [-0.05, 0) is 51.5 Å². The quantitative estimate of drug-likeness (QED) is 0.591. The maximum atomic E-state index is 12.6. The molecule has 0 fully saturated rings. The molecule has 25 heavy (non-hydrogen) atoms. The summed E-state index contributed by atoms with van der Waals surface area (Å²) in [5, 5.41) is 0.947. The third-order valence-corrected chi connectivity index (χ3v) is 3.20. The average molecular weight is 361 g/mol. The highest BCUT2D eigenvalue weighted by atomic mass is 19.4. The first-order valence-electron chi connectivity index (χ1n) is 7.68. The van der Waals surface area contributed by atoms with E-state index in [-0.39, 0.29) is 12.0 Å². The normalized spacial score (nSPS) is 12.0. The van der Waals surface area contributed by atoms with Gasteiger partial charge in [-0.15, -0.1) is 0 Å². The number of carbonyl (C=O) groups is 2. The molecule has 0 spiro atoms. The Morgan fingerprint density at radius 3 is 2.08 bits per heavy atom. The number of methoxy groups -OCH3 is 1. The summed E-state index contributed by atoms with van der Waals surface area (Å²) in [5.41, 5.74) is -1.74. The van der Waals surface area contributed by atoms with E-state index in [0.717, 1.165) is 29.3 Å². The van der Waals surface area contributed by atoms with Crippen molar-refractivity contribution in [3.8, 4) is 0 Å². The second-order valence-electron chi connectivity index (χ2n) is 6.41. The lowest BCUT2D eigenvalue weighted by Gasteiger charge is -2.33. The largest absolute Gasteiger partial charge is 0.416 e. The lowest BCUT2D eigenvalue weighted by Crippen LogP contribution is -2.46. The van der Waals surface area contributed by atoms with Crippen LogP contribution in [0.3, 0.4) is 0 Å². The molecule has 0 saturated carbocycles. The standard InChI is InChI=1S/C17H22F3NO4/c1-16(2,3)21(14(22)6-5-11-24-4)25-15(23)12-7-9-13(10-8-12)17(18,19)20/h7-10H,5-6,11H2,1-4H3. The van der Waals surface area contributed by atoms with E-state index in [1.54, 1.807) is 20.8 Å². The first kappa shape index (κ1) is 21.0. The van der Waals surface area contributed by atoms with Gasteiger partial charge in [0, 0.05) is 20.1 Å². The fraction of sp³-hybridized carbons (Fsp3) is 0.529. The summed E-state index contributed by atoms with van der Waals surface area (Å²) < 4.78 is 42.6. The Morgan fingerprint density at radius 1 is 1.08 bits per heavy atom. The number of rotatable bonds is 5.